The van der Waals surface area contributed by atoms with Crippen LogP contribution in [0.4, 0.5) is 5.69 Å². The molecule has 6 nitrogen and oxygen atoms in total. The van der Waals surface area contributed by atoms with Crippen LogP contribution in [-0.4, -0.2) is 34.0 Å². The fraction of sp³-hybridized carbons (Fsp3) is 0.519. The van der Waals surface area contributed by atoms with E-state index in [4.69, 9.17) is 16.3 Å². The van der Waals surface area contributed by atoms with Crippen molar-refractivity contribution in [2.24, 2.45) is 11.8 Å². The lowest BCUT2D eigenvalue weighted by Gasteiger charge is -2.42. The minimum Gasteiger partial charge on any atom is -0.490 e. The quantitative estimate of drug-likeness (QED) is 0.600. The molecule has 0 saturated heterocycles. The van der Waals surface area contributed by atoms with Gasteiger partial charge in [0.2, 0.25) is 5.91 Å². The van der Waals surface area contributed by atoms with Gasteiger partial charge in [0.15, 0.2) is 0 Å². The van der Waals surface area contributed by atoms with Crippen LogP contribution in [0.3, 0.4) is 0 Å². The van der Waals surface area contributed by atoms with Crippen molar-refractivity contribution < 1.29 is 17.9 Å². The number of amides is 1. The summed E-state index contributed by atoms with van der Waals surface area (Å²) in [5.41, 5.74) is 3.17. The lowest BCUT2D eigenvalue weighted by molar-refractivity contribution is -0.122. The second kappa shape index (κ2) is 9.32. The van der Waals surface area contributed by atoms with Gasteiger partial charge >= 0.3 is 0 Å². The molecule has 8 heteroatoms. The number of aryl methyl sites for hydroxylation is 1. The van der Waals surface area contributed by atoms with E-state index in [-0.39, 0.29) is 10.3 Å². The van der Waals surface area contributed by atoms with Crippen LogP contribution in [0.2, 0.25) is 5.02 Å². The number of ether oxygens (including phenoxy) is 1. The summed E-state index contributed by atoms with van der Waals surface area (Å²) in [4.78, 5) is 14.6. The van der Waals surface area contributed by atoms with E-state index in [9.17, 15) is 13.2 Å². The normalized spacial score (nSPS) is 22.1. The lowest BCUT2D eigenvalue weighted by atomic mass is 9.70. The number of halogens is 1. The van der Waals surface area contributed by atoms with Gasteiger partial charge in [-0.15, -0.1) is 0 Å². The minimum absolute atomic E-state index is 0.0826. The minimum atomic E-state index is -3.98. The molecule has 1 saturated carbocycles. The Labute approximate surface area is 213 Å². The number of benzene rings is 2. The molecule has 1 atom stereocenters. The zero-order valence-electron chi connectivity index (χ0n) is 20.3. The molecular weight excluding hydrogens is 484 g/mol. The molecule has 1 spiro atoms. The van der Waals surface area contributed by atoms with Gasteiger partial charge in [0.1, 0.15) is 5.75 Å². The molecule has 35 heavy (non-hydrogen) atoms. The van der Waals surface area contributed by atoms with Crippen molar-refractivity contribution in [1.82, 2.24) is 4.72 Å². The number of nitrogens with zero attached hydrogens (tertiary/aromatic N) is 1. The Morgan fingerprint density at radius 3 is 2.71 bits per heavy atom. The van der Waals surface area contributed by atoms with Crippen molar-refractivity contribution in [3.05, 3.63) is 52.5 Å². The summed E-state index contributed by atoms with van der Waals surface area (Å²) in [5.74, 6) is 0.339. The van der Waals surface area contributed by atoms with Gasteiger partial charge in [-0.3, -0.25) is 4.79 Å². The highest BCUT2D eigenvalue weighted by atomic mass is 35.5. The molecule has 1 unspecified atom stereocenters. The smallest absolute Gasteiger partial charge is 0.264 e. The van der Waals surface area contributed by atoms with Gasteiger partial charge < -0.3 is 9.64 Å². The zero-order chi connectivity index (χ0) is 24.8. The van der Waals surface area contributed by atoms with E-state index in [2.05, 4.69) is 21.8 Å². The van der Waals surface area contributed by atoms with Gasteiger partial charge in [-0.25, -0.2) is 13.1 Å². The number of anilines is 1. The number of carbonyl (C=O) groups is 1. The van der Waals surface area contributed by atoms with E-state index in [1.807, 2.05) is 6.07 Å². The summed E-state index contributed by atoms with van der Waals surface area (Å²) in [5, 5.41) is 0.753. The van der Waals surface area contributed by atoms with Gasteiger partial charge in [0.25, 0.3) is 10.0 Å². The molecule has 2 aliphatic carbocycles. The highest BCUT2D eigenvalue weighted by Crippen LogP contribution is 2.45. The van der Waals surface area contributed by atoms with Gasteiger partial charge in [-0.05, 0) is 79.5 Å². The van der Waals surface area contributed by atoms with Crippen LogP contribution in [0.5, 0.6) is 5.75 Å². The molecule has 0 bridgehead atoms. The van der Waals surface area contributed by atoms with E-state index in [1.165, 1.54) is 36.5 Å². The number of fused-ring (bicyclic) bond motifs is 3. The molecule has 3 aliphatic rings. The third kappa shape index (κ3) is 4.77. The van der Waals surface area contributed by atoms with Gasteiger partial charge in [-0.1, -0.05) is 37.9 Å². The molecule has 0 aromatic heterocycles. The van der Waals surface area contributed by atoms with Crippen LogP contribution >= 0.6 is 11.6 Å². The van der Waals surface area contributed by atoms with Gasteiger partial charge in [0.05, 0.1) is 17.2 Å². The third-order valence-electron chi connectivity index (χ3n) is 7.78. The summed E-state index contributed by atoms with van der Waals surface area (Å²) in [6.07, 6.45) is 6.69. The Balaban J connectivity index is 1.54. The van der Waals surface area contributed by atoms with Crippen LogP contribution < -0.4 is 14.4 Å². The predicted molar refractivity (Wildman–Crippen MR) is 138 cm³/mol. The maximum absolute atomic E-state index is 13.0. The second-order valence-corrected chi connectivity index (χ2v) is 12.8. The first kappa shape index (κ1) is 24.4. The monoisotopic (exact) mass is 516 g/mol. The van der Waals surface area contributed by atoms with E-state index < -0.39 is 21.8 Å². The van der Waals surface area contributed by atoms with Gasteiger partial charge in [0, 0.05) is 29.4 Å². The Bertz CT molecular complexity index is 1240. The number of nitrogens with one attached hydrogen (secondary N) is 1. The Morgan fingerprint density at radius 1 is 1.20 bits per heavy atom. The molecule has 2 aromatic carbocycles. The first-order valence-corrected chi connectivity index (χ1v) is 14.4. The summed E-state index contributed by atoms with van der Waals surface area (Å²) in [6, 6.07) is 11.1. The van der Waals surface area contributed by atoms with Crippen molar-refractivity contribution in [1.29, 1.82) is 0 Å². The Hall–Kier alpha value is -2.25. The lowest BCUT2D eigenvalue weighted by Crippen LogP contribution is -2.47. The number of hydrogen-bond acceptors (Lipinski definition) is 5. The number of hydrogen-bond donors (Lipinski definition) is 1. The third-order valence-corrected chi connectivity index (χ3v) is 9.36. The molecule has 5 rings (SSSR count). The fourth-order valence-corrected chi connectivity index (χ4v) is 6.88. The molecule has 1 heterocycles. The number of carbonyl (C=O) groups excluding carboxylic acids is 1. The first-order valence-electron chi connectivity index (χ1n) is 12.5. The topological polar surface area (TPSA) is 75.7 Å². The standard InChI is InChI=1S/C27H33ClN2O4S/c1-18(2)26(31)29-35(32,33)22-9-11-25-24(14-22)30(15-19-5-3-6-19)16-27(17-34-25)12-4-7-20-13-21(28)8-10-23(20)27/h8-11,13-14,18-19H,3-7,12,15-17H2,1-2H3,(H,29,31). The first-order chi connectivity index (χ1) is 16.7. The van der Waals surface area contributed by atoms with Crippen LogP contribution in [0.25, 0.3) is 0 Å². The predicted octanol–water partition coefficient (Wildman–Crippen LogP) is 5.07. The molecule has 1 aliphatic heterocycles. The largest absolute Gasteiger partial charge is 0.490 e. The molecule has 1 amide bonds. The Morgan fingerprint density at radius 2 is 2.00 bits per heavy atom. The number of rotatable bonds is 5. The van der Waals surface area contributed by atoms with Crippen molar-refractivity contribution in [3.63, 3.8) is 0 Å². The number of sulfonamides is 1. The van der Waals surface area contributed by atoms with Crippen molar-refractivity contribution in [2.45, 2.75) is 62.7 Å². The second-order valence-electron chi connectivity index (χ2n) is 10.7. The van der Waals surface area contributed by atoms with E-state index in [0.29, 0.717) is 18.3 Å². The van der Waals surface area contributed by atoms with E-state index in [1.54, 1.807) is 26.0 Å². The molecule has 0 radical (unpaired) electrons. The van der Waals surface area contributed by atoms with Crippen molar-refractivity contribution in [3.8, 4) is 5.75 Å². The van der Waals surface area contributed by atoms with Crippen LogP contribution in [-0.2, 0) is 26.7 Å². The molecule has 188 valence electrons. The van der Waals surface area contributed by atoms with Crippen LogP contribution in [0.15, 0.2) is 41.3 Å². The summed E-state index contributed by atoms with van der Waals surface area (Å²) < 4.78 is 34.6. The van der Waals surface area contributed by atoms with Crippen molar-refractivity contribution in [2.75, 3.05) is 24.6 Å². The molecular formula is C27H33ClN2O4S. The van der Waals surface area contributed by atoms with E-state index >= 15 is 0 Å². The highest BCUT2D eigenvalue weighted by molar-refractivity contribution is 7.90. The van der Waals surface area contributed by atoms with E-state index in [0.717, 1.165) is 43.1 Å². The average molecular weight is 517 g/mol. The molecule has 1 N–H and O–H groups in total. The summed E-state index contributed by atoms with van der Waals surface area (Å²) >= 11 is 6.32. The summed E-state index contributed by atoms with van der Waals surface area (Å²) in [7, 11) is -3.98. The molecule has 1 fully saturated rings. The fourth-order valence-electron chi connectivity index (χ4n) is 5.56. The van der Waals surface area contributed by atoms with Gasteiger partial charge in [-0.2, -0.15) is 0 Å². The van der Waals surface area contributed by atoms with Crippen LogP contribution in [0.1, 0.15) is 57.1 Å². The zero-order valence-corrected chi connectivity index (χ0v) is 21.9. The summed E-state index contributed by atoms with van der Waals surface area (Å²) in [6.45, 7) is 5.50. The highest BCUT2D eigenvalue weighted by Gasteiger charge is 2.42. The molecule has 2 aromatic rings. The maximum atomic E-state index is 13.0. The Kier molecular flexibility index (Phi) is 6.51. The maximum Gasteiger partial charge on any atom is 0.264 e. The average Bonchev–Trinajstić information content (AvgIpc) is 2.93. The van der Waals surface area contributed by atoms with Crippen LogP contribution in [0, 0.1) is 11.8 Å². The van der Waals surface area contributed by atoms with Crippen molar-refractivity contribution >= 4 is 33.2 Å². The SMILES string of the molecule is CC(C)C(=O)NS(=O)(=O)c1ccc2c(c1)N(CC1CCC1)CC1(CCCc3cc(Cl)ccc31)CO2.